The third-order valence-corrected chi connectivity index (χ3v) is 6.27. The van der Waals surface area contributed by atoms with Crippen LogP contribution in [0.25, 0.3) is 16.3 Å². The number of hydrogen-bond donors (Lipinski definition) is 1. The topological polar surface area (TPSA) is 55.2 Å². The Morgan fingerprint density at radius 3 is 2.90 bits per heavy atom. The zero-order valence-electron chi connectivity index (χ0n) is 16.9. The number of nitrogens with zero attached hydrogens (tertiary/aromatic N) is 4. The first kappa shape index (κ1) is 19.4. The molecule has 6 heteroatoms. The molecule has 0 bridgehead atoms. The Bertz CT molecular complexity index is 1080. The summed E-state index contributed by atoms with van der Waals surface area (Å²) < 4.78 is 1.13. The van der Waals surface area contributed by atoms with Gasteiger partial charge in [-0.2, -0.15) is 5.26 Å². The smallest absolute Gasteiger partial charge is 0.186 e. The Morgan fingerprint density at radius 2 is 2.17 bits per heavy atom. The van der Waals surface area contributed by atoms with Gasteiger partial charge in [-0.05, 0) is 45.1 Å². The molecule has 1 aliphatic heterocycles. The molecule has 0 amide bonds. The summed E-state index contributed by atoms with van der Waals surface area (Å²) in [6, 6.07) is 6.38. The van der Waals surface area contributed by atoms with Gasteiger partial charge in [0.25, 0.3) is 0 Å². The summed E-state index contributed by atoms with van der Waals surface area (Å²) in [6.07, 6.45) is 10.7. The van der Waals surface area contributed by atoms with E-state index in [4.69, 9.17) is 4.98 Å². The molecule has 0 unspecified atom stereocenters. The van der Waals surface area contributed by atoms with Crippen LogP contribution < -0.4 is 10.2 Å². The molecular weight excluding hydrogens is 378 g/mol. The molecule has 1 aromatic heterocycles. The fourth-order valence-electron chi connectivity index (χ4n) is 3.55. The van der Waals surface area contributed by atoms with E-state index in [1.165, 1.54) is 5.57 Å². The SMILES string of the molecule is C=C1Nc2ccc3sc(N(CCN(C)C)CC4=CC=CCC4)nc3c2C=C1C#N. The molecule has 0 saturated carbocycles. The van der Waals surface area contributed by atoms with Gasteiger partial charge in [-0.1, -0.05) is 41.7 Å². The highest BCUT2D eigenvalue weighted by atomic mass is 32.1. The molecule has 0 saturated heterocycles. The lowest BCUT2D eigenvalue weighted by Crippen LogP contribution is -2.33. The number of rotatable bonds is 6. The van der Waals surface area contributed by atoms with Gasteiger partial charge in [-0.3, -0.25) is 0 Å². The quantitative estimate of drug-likeness (QED) is 0.752. The third kappa shape index (κ3) is 4.12. The van der Waals surface area contributed by atoms with Gasteiger partial charge in [-0.15, -0.1) is 0 Å². The molecule has 2 heterocycles. The minimum Gasteiger partial charge on any atom is -0.354 e. The van der Waals surface area contributed by atoms with E-state index in [1.54, 1.807) is 11.3 Å². The third-order valence-electron chi connectivity index (χ3n) is 5.19. The summed E-state index contributed by atoms with van der Waals surface area (Å²) in [4.78, 5) is 9.60. The fraction of sp³-hybridized carbons (Fsp3) is 0.304. The van der Waals surface area contributed by atoms with Crippen LogP contribution in [0.2, 0.25) is 0 Å². The van der Waals surface area contributed by atoms with Crippen LogP contribution in [0.4, 0.5) is 10.8 Å². The highest BCUT2D eigenvalue weighted by Crippen LogP contribution is 2.38. The second kappa shape index (κ2) is 8.24. The first-order valence-corrected chi connectivity index (χ1v) is 10.6. The van der Waals surface area contributed by atoms with Crippen LogP contribution in [0.1, 0.15) is 18.4 Å². The maximum absolute atomic E-state index is 9.40. The summed E-state index contributed by atoms with van der Waals surface area (Å²) in [5.41, 5.74) is 5.52. The monoisotopic (exact) mass is 403 g/mol. The van der Waals surface area contributed by atoms with Gasteiger partial charge in [0, 0.05) is 36.6 Å². The number of anilines is 2. The molecule has 0 atom stereocenters. The van der Waals surface area contributed by atoms with Gasteiger partial charge < -0.3 is 15.1 Å². The standard InChI is InChI=1S/C23H25N5S/c1-16-18(14-24)13-19-20(25-16)9-10-21-22(19)26-23(29-21)28(12-11-27(2)3)15-17-7-5-4-6-8-17/h4-5,7,9-10,13,25H,1,6,8,11-12,15H2,2-3H3. The zero-order chi connectivity index (χ0) is 20.4. The second-order valence-corrected chi connectivity index (χ2v) is 8.67. The van der Waals surface area contributed by atoms with E-state index >= 15 is 0 Å². The van der Waals surface area contributed by atoms with E-state index in [2.05, 4.69) is 66.2 Å². The summed E-state index contributed by atoms with van der Waals surface area (Å²) in [7, 11) is 4.20. The summed E-state index contributed by atoms with van der Waals surface area (Å²) in [5.74, 6) is 0. The molecule has 0 fully saturated rings. The maximum Gasteiger partial charge on any atom is 0.186 e. The molecule has 1 aromatic carbocycles. The summed E-state index contributed by atoms with van der Waals surface area (Å²) in [6.45, 7) is 6.73. The molecule has 1 N–H and O–H groups in total. The van der Waals surface area contributed by atoms with E-state index in [-0.39, 0.29) is 0 Å². The van der Waals surface area contributed by atoms with Crippen LogP contribution in [-0.4, -0.2) is 43.6 Å². The molecule has 148 valence electrons. The summed E-state index contributed by atoms with van der Waals surface area (Å²) >= 11 is 1.72. The lowest BCUT2D eigenvalue weighted by atomic mass is 10.0. The van der Waals surface area contributed by atoms with Crippen LogP contribution in [0.3, 0.4) is 0 Å². The van der Waals surface area contributed by atoms with Crippen LogP contribution in [-0.2, 0) is 0 Å². The first-order chi connectivity index (χ1) is 14.0. The van der Waals surface area contributed by atoms with Crippen molar-refractivity contribution >= 4 is 38.4 Å². The number of allylic oxidation sites excluding steroid dienone is 4. The molecule has 4 rings (SSSR count). The molecule has 0 spiro atoms. The van der Waals surface area contributed by atoms with Crippen molar-refractivity contribution in [3.8, 4) is 6.07 Å². The highest BCUT2D eigenvalue weighted by Gasteiger charge is 2.20. The largest absolute Gasteiger partial charge is 0.354 e. The van der Waals surface area contributed by atoms with E-state index < -0.39 is 0 Å². The average Bonchev–Trinajstić information content (AvgIpc) is 3.15. The predicted octanol–water partition coefficient (Wildman–Crippen LogP) is 4.79. The van der Waals surface area contributed by atoms with Crippen LogP contribution in [0.15, 0.2) is 53.8 Å². The second-order valence-electron chi connectivity index (χ2n) is 7.66. The van der Waals surface area contributed by atoms with Gasteiger partial charge in [0.05, 0.1) is 15.8 Å². The van der Waals surface area contributed by atoms with Gasteiger partial charge in [-0.25, -0.2) is 4.98 Å². The number of nitrogens with one attached hydrogen (secondary N) is 1. The van der Waals surface area contributed by atoms with Crippen LogP contribution >= 0.6 is 11.3 Å². The summed E-state index contributed by atoms with van der Waals surface area (Å²) in [5, 5.41) is 13.7. The number of thiazole rings is 1. The Balaban J connectivity index is 1.72. The molecule has 0 radical (unpaired) electrons. The Kier molecular flexibility index (Phi) is 5.52. The van der Waals surface area contributed by atoms with Crippen molar-refractivity contribution in [3.63, 3.8) is 0 Å². The highest BCUT2D eigenvalue weighted by molar-refractivity contribution is 7.22. The van der Waals surface area contributed by atoms with E-state index in [0.717, 1.165) is 59.1 Å². The Morgan fingerprint density at radius 1 is 1.31 bits per heavy atom. The zero-order valence-corrected chi connectivity index (χ0v) is 17.7. The minimum absolute atomic E-state index is 0.558. The molecule has 2 aromatic rings. The Labute approximate surface area is 176 Å². The van der Waals surface area contributed by atoms with E-state index in [1.807, 2.05) is 12.1 Å². The Hall–Kier alpha value is -2.88. The van der Waals surface area contributed by atoms with Gasteiger partial charge in [0.2, 0.25) is 0 Å². The normalized spacial score (nSPS) is 15.6. The number of aromatic nitrogens is 1. The number of likely N-dealkylation sites (N-methyl/N-ethyl adjacent to an activating group) is 1. The van der Waals surface area contributed by atoms with E-state index in [9.17, 15) is 5.26 Å². The van der Waals surface area contributed by atoms with Crippen molar-refractivity contribution in [2.75, 3.05) is 43.9 Å². The molecule has 5 nitrogen and oxygen atoms in total. The maximum atomic E-state index is 9.40. The lowest BCUT2D eigenvalue weighted by molar-refractivity contribution is 0.414. The van der Waals surface area contributed by atoms with Crippen LogP contribution in [0.5, 0.6) is 0 Å². The first-order valence-electron chi connectivity index (χ1n) is 9.81. The van der Waals surface area contributed by atoms with E-state index in [0.29, 0.717) is 11.3 Å². The van der Waals surface area contributed by atoms with Crippen molar-refractivity contribution in [1.82, 2.24) is 9.88 Å². The van der Waals surface area contributed by atoms with Crippen molar-refractivity contribution in [2.45, 2.75) is 12.8 Å². The van der Waals surface area contributed by atoms with Crippen molar-refractivity contribution < 1.29 is 0 Å². The molecular formula is C23H25N5S. The number of nitriles is 1. The molecule has 29 heavy (non-hydrogen) atoms. The predicted molar refractivity (Wildman–Crippen MR) is 123 cm³/mol. The van der Waals surface area contributed by atoms with Crippen molar-refractivity contribution in [2.24, 2.45) is 0 Å². The fourth-order valence-corrected chi connectivity index (χ4v) is 4.55. The van der Waals surface area contributed by atoms with Crippen molar-refractivity contribution in [1.29, 1.82) is 5.26 Å². The van der Waals surface area contributed by atoms with Gasteiger partial charge >= 0.3 is 0 Å². The van der Waals surface area contributed by atoms with Gasteiger partial charge in [0.1, 0.15) is 6.07 Å². The number of fused-ring (bicyclic) bond motifs is 3. The molecule has 2 aliphatic rings. The average molecular weight is 404 g/mol. The van der Waals surface area contributed by atoms with Crippen molar-refractivity contribution in [3.05, 3.63) is 59.3 Å². The molecule has 1 aliphatic carbocycles. The minimum atomic E-state index is 0.558. The van der Waals surface area contributed by atoms with Gasteiger partial charge in [0.15, 0.2) is 5.13 Å². The van der Waals surface area contributed by atoms with Crippen LogP contribution in [0, 0.1) is 11.3 Å². The number of hydrogen-bond acceptors (Lipinski definition) is 6. The lowest BCUT2D eigenvalue weighted by Gasteiger charge is -2.25. The number of benzene rings is 1.